The largest absolute Gasteiger partial charge is 0.493 e. The molecule has 0 bridgehead atoms. The van der Waals surface area contributed by atoms with Crippen molar-refractivity contribution in [2.45, 2.75) is 0 Å². The van der Waals surface area contributed by atoms with Crippen molar-refractivity contribution in [3.8, 4) is 28.4 Å². The number of benzene rings is 2. The zero-order valence-electron chi connectivity index (χ0n) is 17.0. The van der Waals surface area contributed by atoms with E-state index in [2.05, 4.69) is 10.3 Å². The number of anilines is 1. The first-order valence-corrected chi connectivity index (χ1v) is 10.3. The summed E-state index contributed by atoms with van der Waals surface area (Å²) in [6, 6.07) is 15.4. The fourth-order valence-corrected chi connectivity index (χ4v) is 3.56. The summed E-state index contributed by atoms with van der Waals surface area (Å²) >= 11 is 1.36. The Morgan fingerprint density at radius 2 is 1.90 bits per heavy atom. The molecule has 156 valence electrons. The van der Waals surface area contributed by atoms with Crippen LogP contribution < -0.4 is 14.8 Å². The van der Waals surface area contributed by atoms with E-state index in [1.807, 2.05) is 54.7 Å². The SMILES string of the molecule is COc1ccc(-c2nn(-c3ccccc3)cc2/C=C/C(=O)Nc2nccs2)cc1OC. The molecule has 0 aliphatic rings. The predicted molar refractivity (Wildman–Crippen MR) is 122 cm³/mol. The van der Waals surface area contributed by atoms with E-state index in [1.165, 1.54) is 17.4 Å². The molecule has 8 heteroatoms. The van der Waals surface area contributed by atoms with E-state index in [4.69, 9.17) is 14.6 Å². The maximum Gasteiger partial charge on any atom is 0.250 e. The third-order valence-electron chi connectivity index (χ3n) is 4.50. The number of carbonyl (C=O) groups excluding carboxylic acids is 1. The molecule has 0 aliphatic heterocycles. The number of carbonyl (C=O) groups is 1. The minimum atomic E-state index is -0.263. The minimum Gasteiger partial charge on any atom is -0.493 e. The Morgan fingerprint density at radius 1 is 1.10 bits per heavy atom. The van der Waals surface area contributed by atoms with Gasteiger partial charge in [-0.25, -0.2) is 9.67 Å². The van der Waals surface area contributed by atoms with Crippen LogP contribution in [0.25, 0.3) is 23.0 Å². The van der Waals surface area contributed by atoms with Gasteiger partial charge in [0.2, 0.25) is 5.91 Å². The number of nitrogens with one attached hydrogen (secondary N) is 1. The van der Waals surface area contributed by atoms with Gasteiger partial charge >= 0.3 is 0 Å². The van der Waals surface area contributed by atoms with Crippen LogP contribution in [0.5, 0.6) is 11.5 Å². The maximum absolute atomic E-state index is 12.3. The van der Waals surface area contributed by atoms with Crippen LogP contribution in [0.15, 0.2) is 72.4 Å². The smallest absolute Gasteiger partial charge is 0.250 e. The first kappa shape index (κ1) is 20.4. The summed E-state index contributed by atoms with van der Waals surface area (Å²) in [4.78, 5) is 16.4. The highest BCUT2D eigenvalue weighted by molar-refractivity contribution is 7.13. The molecule has 0 aliphatic carbocycles. The molecule has 0 unspecified atom stereocenters. The van der Waals surface area contributed by atoms with Crippen LogP contribution in [-0.2, 0) is 4.79 Å². The van der Waals surface area contributed by atoms with Gasteiger partial charge in [-0.05, 0) is 36.4 Å². The van der Waals surface area contributed by atoms with Gasteiger partial charge < -0.3 is 9.47 Å². The van der Waals surface area contributed by atoms with Crippen molar-refractivity contribution < 1.29 is 14.3 Å². The Bertz CT molecular complexity index is 1200. The highest BCUT2D eigenvalue weighted by atomic mass is 32.1. The van der Waals surface area contributed by atoms with Gasteiger partial charge in [-0.3, -0.25) is 10.1 Å². The maximum atomic E-state index is 12.3. The molecule has 0 saturated heterocycles. The normalized spacial score (nSPS) is 10.9. The monoisotopic (exact) mass is 432 g/mol. The topological polar surface area (TPSA) is 78.3 Å². The van der Waals surface area contributed by atoms with Gasteiger partial charge in [-0.1, -0.05) is 18.2 Å². The van der Waals surface area contributed by atoms with E-state index < -0.39 is 0 Å². The molecule has 1 amide bonds. The minimum absolute atomic E-state index is 0.263. The average molecular weight is 433 g/mol. The van der Waals surface area contributed by atoms with Crippen molar-refractivity contribution in [1.29, 1.82) is 0 Å². The summed E-state index contributed by atoms with van der Waals surface area (Å²) in [7, 11) is 3.19. The second kappa shape index (κ2) is 9.27. The quantitative estimate of drug-likeness (QED) is 0.430. The Labute approximate surface area is 183 Å². The number of rotatable bonds is 7. The molecular weight excluding hydrogens is 412 g/mol. The zero-order chi connectivity index (χ0) is 21.6. The second-order valence-electron chi connectivity index (χ2n) is 6.44. The summed E-state index contributed by atoms with van der Waals surface area (Å²) in [6.07, 6.45) is 6.73. The molecule has 1 N–H and O–H groups in total. The molecule has 0 atom stereocenters. The molecule has 2 aromatic carbocycles. The molecule has 0 saturated carbocycles. The van der Waals surface area contributed by atoms with Gasteiger partial charge in [0, 0.05) is 35.0 Å². The van der Waals surface area contributed by atoms with Crippen molar-refractivity contribution in [3.05, 3.63) is 77.9 Å². The van der Waals surface area contributed by atoms with E-state index in [0.717, 1.165) is 16.8 Å². The standard InChI is InChI=1S/C23H20N4O3S/c1-29-19-10-8-16(14-20(19)30-2)22-17(9-11-21(28)25-23-24-12-13-31-23)15-27(26-22)18-6-4-3-5-7-18/h3-15H,1-2H3,(H,24,25,28)/b11-9+. The summed E-state index contributed by atoms with van der Waals surface area (Å²) < 4.78 is 12.6. The van der Waals surface area contributed by atoms with Gasteiger partial charge in [0.1, 0.15) is 5.69 Å². The van der Waals surface area contributed by atoms with Gasteiger partial charge in [-0.15, -0.1) is 11.3 Å². The van der Waals surface area contributed by atoms with E-state index in [0.29, 0.717) is 22.3 Å². The van der Waals surface area contributed by atoms with Crippen LogP contribution in [0, 0.1) is 0 Å². The number of hydrogen-bond acceptors (Lipinski definition) is 6. The molecule has 2 heterocycles. The van der Waals surface area contributed by atoms with E-state index in [-0.39, 0.29) is 5.91 Å². The van der Waals surface area contributed by atoms with Gasteiger partial charge in [0.05, 0.1) is 19.9 Å². The molecule has 4 aromatic rings. The first-order valence-electron chi connectivity index (χ1n) is 9.44. The number of methoxy groups -OCH3 is 2. The third-order valence-corrected chi connectivity index (χ3v) is 5.19. The fourth-order valence-electron chi connectivity index (χ4n) is 3.03. The lowest BCUT2D eigenvalue weighted by Crippen LogP contribution is -2.07. The number of nitrogens with zero attached hydrogens (tertiary/aromatic N) is 3. The summed E-state index contributed by atoms with van der Waals surface area (Å²) in [5.74, 6) is 0.972. The van der Waals surface area contributed by atoms with Gasteiger partial charge in [0.25, 0.3) is 0 Å². The molecule has 4 rings (SSSR count). The molecule has 0 spiro atoms. The van der Waals surface area contributed by atoms with Crippen molar-refractivity contribution in [3.63, 3.8) is 0 Å². The van der Waals surface area contributed by atoms with E-state index in [9.17, 15) is 4.79 Å². The average Bonchev–Trinajstić information content (AvgIpc) is 3.48. The molecule has 7 nitrogen and oxygen atoms in total. The van der Waals surface area contributed by atoms with Crippen LogP contribution >= 0.6 is 11.3 Å². The zero-order valence-corrected chi connectivity index (χ0v) is 17.8. The molecule has 0 radical (unpaired) electrons. The number of hydrogen-bond donors (Lipinski definition) is 1. The highest BCUT2D eigenvalue weighted by Gasteiger charge is 2.14. The number of ether oxygens (including phenoxy) is 2. The second-order valence-corrected chi connectivity index (χ2v) is 7.34. The van der Waals surface area contributed by atoms with Crippen molar-refractivity contribution >= 4 is 28.5 Å². The van der Waals surface area contributed by atoms with Gasteiger partial charge in [0.15, 0.2) is 16.6 Å². The lowest BCUT2D eigenvalue weighted by Gasteiger charge is -2.09. The van der Waals surface area contributed by atoms with Crippen LogP contribution in [0.2, 0.25) is 0 Å². The van der Waals surface area contributed by atoms with Crippen LogP contribution in [-0.4, -0.2) is 34.9 Å². The van der Waals surface area contributed by atoms with E-state index >= 15 is 0 Å². The summed E-state index contributed by atoms with van der Waals surface area (Å²) in [6.45, 7) is 0. The van der Waals surface area contributed by atoms with Gasteiger partial charge in [-0.2, -0.15) is 5.10 Å². The molecular formula is C23H20N4O3S. The Kier molecular flexibility index (Phi) is 6.09. The van der Waals surface area contributed by atoms with Crippen molar-refractivity contribution in [2.24, 2.45) is 0 Å². The fraction of sp³-hybridized carbons (Fsp3) is 0.0870. The Hall–Kier alpha value is -3.91. The Balaban J connectivity index is 1.72. The van der Waals surface area contributed by atoms with Crippen LogP contribution in [0.1, 0.15) is 5.56 Å². The third kappa shape index (κ3) is 4.65. The lowest BCUT2D eigenvalue weighted by molar-refractivity contribution is -0.111. The Morgan fingerprint density at radius 3 is 2.61 bits per heavy atom. The number of amides is 1. The molecule has 2 aromatic heterocycles. The molecule has 0 fully saturated rings. The van der Waals surface area contributed by atoms with Crippen molar-refractivity contribution in [2.75, 3.05) is 19.5 Å². The summed E-state index contributed by atoms with van der Waals surface area (Å²) in [5, 5.41) is 9.86. The number of thiazole rings is 1. The number of aromatic nitrogens is 3. The van der Waals surface area contributed by atoms with Crippen LogP contribution in [0.4, 0.5) is 5.13 Å². The lowest BCUT2D eigenvalue weighted by atomic mass is 10.1. The first-order chi connectivity index (χ1) is 15.2. The summed E-state index contributed by atoms with van der Waals surface area (Å²) in [5.41, 5.74) is 3.25. The number of para-hydroxylation sites is 1. The highest BCUT2D eigenvalue weighted by Crippen LogP contribution is 2.33. The molecule has 31 heavy (non-hydrogen) atoms. The van der Waals surface area contributed by atoms with Crippen molar-refractivity contribution in [1.82, 2.24) is 14.8 Å². The van der Waals surface area contributed by atoms with E-state index in [1.54, 1.807) is 36.6 Å². The predicted octanol–water partition coefficient (Wildman–Crippen LogP) is 4.66. The van der Waals surface area contributed by atoms with Crippen LogP contribution in [0.3, 0.4) is 0 Å².